The van der Waals surface area contributed by atoms with E-state index >= 15 is 0 Å². The Morgan fingerprint density at radius 2 is 2.15 bits per heavy atom. The number of carbonyl (C=O) groups is 1. The van der Waals surface area contributed by atoms with Crippen LogP contribution >= 0.6 is 0 Å². The SMILES string of the molecule is CCN(CC(N)=O)CC(O)COc1ccc(C#N)cc1. The molecule has 0 fully saturated rings. The third-order valence-corrected chi connectivity index (χ3v) is 2.72. The first-order valence-corrected chi connectivity index (χ1v) is 6.36. The van der Waals surface area contributed by atoms with Gasteiger partial charge in [0.2, 0.25) is 5.91 Å². The van der Waals surface area contributed by atoms with E-state index in [0.29, 0.717) is 24.4 Å². The van der Waals surface area contributed by atoms with Crippen molar-refractivity contribution >= 4 is 5.91 Å². The van der Waals surface area contributed by atoms with Crippen molar-refractivity contribution in [2.45, 2.75) is 13.0 Å². The molecular formula is C14H19N3O3. The monoisotopic (exact) mass is 277 g/mol. The van der Waals surface area contributed by atoms with Crippen molar-refractivity contribution in [2.75, 3.05) is 26.2 Å². The predicted molar refractivity (Wildman–Crippen MR) is 74.0 cm³/mol. The Balaban J connectivity index is 2.39. The molecule has 0 aliphatic rings. The summed E-state index contributed by atoms with van der Waals surface area (Å²) in [4.78, 5) is 12.6. The van der Waals surface area contributed by atoms with Crippen molar-refractivity contribution in [1.82, 2.24) is 4.90 Å². The van der Waals surface area contributed by atoms with Crippen molar-refractivity contribution in [3.8, 4) is 11.8 Å². The molecule has 0 aliphatic carbocycles. The minimum atomic E-state index is -0.718. The third-order valence-electron chi connectivity index (χ3n) is 2.72. The molecule has 1 unspecified atom stereocenters. The summed E-state index contributed by atoms with van der Waals surface area (Å²) in [6, 6.07) is 8.65. The predicted octanol–water partition coefficient (Wildman–Crippen LogP) is 0.105. The van der Waals surface area contributed by atoms with Crippen LogP contribution in [0, 0.1) is 11.3 Å². The van der Waals surface area contributed by atoms with Gasteiger partial charge in [-0.25, -0.2) is 0 Å². The molecule has 3 N–H and O–H groups in total. The lowest BCUT2D eigenvalue weighted by atomic mass is 10.2. The fourth-order valence-electron chi connectivity index (χ4n) is 1.69. The highest BCUT2D eigenvalue weighted by Crippen LogP contribution is 2.11. The van der Waals surface area contributed by atoms with Crippen LogP contribution in [-0.4, -0.2) is 48.3 Å². The molecule has 0 aromatic heterocycles. The molecule has 0 aliphatic heterocycles. The van der Waals surface area contributed by atoms with Crippen LogP contribution in [0.15, 0.2) is 24.3 Å². The second-order valence-electron chi connectivity index (χ2n) is 4.40. The first kappa shape index (κ1) is 16.0. The number of primary amides is 1. The van der Waals surface area contributed by atoms with Gasteiger partial charge in [-0.05, 0) is 30.8 Å². The van der Waals surface area contributed by atoms with Gasteiger partial charge in [-0.3, -0.25) is 9.69 Å². The molecule has 20 heavy (non-hydrogen) atoms. The molecule has 0 bridgehead atoms. The van der Waals surface area contributed by atoms with Gasteiger partial charge in [-0.2, -0.15) is 5.26 Å². The zero-order valence-electron chi connectivity index (χ0n) is 11.5. The van der Waals surface area contributed by atoms with E-state index in [0.717, 1.165) is 0 Å². The average molecular weight is 277 g/mol. The number of aliphatic hydroxyl groups excluding tert-OH is 1. The maximum atomic E-state index is 10.8. The van der Waals surface area contributed by atoms with Crippen LogP contribution in [0.4, 0.5) is 0 Å². The van der Waals surface area contributed by atoms with Crippen molar-refractivity contribution < 1.29 is 14.6 Å². The molecule has 0 heterocycles. The van der Waals surface area contributed by atoms with Gasteiger partial charge in [0.25, 0.3) is 0 Å². The summed E-state index contributed by atoms with van der Waals surface area (Å²) in [5.74, 6) is 0.160. The fraction of sp³-hybridized carbons (Fsp3) is 0.429. The number of nitrogens with two attached hydrogens (primary N) is 1. The van der Waals surface area contributed by atoms with Gasteiger partial charge in [0.15, 0.2) is 0 Å². The normalized spacial score (nSPS) is 11.9. The number of ether oxygens (including phenoxy) is 1. The topological polar surface area (TPSA) is 99.6 Å². The third kappa shape index (κ3) is 5.69. The van der Waals surface area contributed by atoms with Crippen LogP contribution in [0.25, 0.3) is 0 Å². The van der Waals surface area contributed by atoms with E-state index in [1.165, 1.54) is 0 Å². The minimum absolute atomic E-state index is 0.112. The molecule has 0 saturated heterocycles. The Hall–Kier alpha value is -2.10. The molecule has 1 aromatic rings. The van der Waals surface area contributed by atoms with Crippen LogP contribution in [-0.2, 0) is 4.79 Å². The second kappa shape index (κ2) is 8.15. The van der Waals surface area contributed by atoms with Crippen molar-refractivity contribution in [3.05, 3.63) is 29.8 Å². The van der Waals surface area contributed by atoms with E-state index in [1.54, 1.807) is 29.2 Å². The Morgan fingerprint density at radius 3 is 2.65 bits per heavy atom. The number of nitrogens with zero attached hydrogens (tertiary/aromatic N) is 2. The van der Waals surface area contributed by atoms with Crippen molar-refractivity contribution in [2.24, 2.45) is 5.73 Å². The van der Waals surface area contributed by atoms with E-state index in [1.807, 2.05) is 13.0 Å². The molecule has 6 heteroatoms. The highest BCUT2D eigenvalue weighted by molar-refractivity contribution is 5.75. The van der Waals surface area contributed by atoms with Gasteiger partial charge in [-0.15, -0.1) is 0 Å². The number of benzene rings is 1. The van der Waals surface area contributed by atoms with E-state index in [-0.39, 0.29) is 13.2 Å². The van der Waals surface area contributed by atoms with Crippen LogP contribution in [0.5, 0.6) is 5.75 Å². The number of likely N-dealkylation sites (N-methyl/N-ethyl adjacent to an activating group) is 1. The van der Waals surface area contributed by atoms with Gasteiger partial charge >= 0.3 is 0 Å². The zero-order chi connectivity index (χ0) is 15.0. The number of rotatable bonds is 8. The number of aliphatic hydroxyl groups is 1. The molecule has 0 saturated carbocycles. The molecule has 0 radical (unpaired) electrons. The van der Waals surface area contributed by atoms with Gasteiger partial charge in [-0.1, -0.05) is 6.92 Å². The standard InChI is InChI=1S/C14H19N3O3/c1-2-17(9-14(16)19)8-12(18)10-20-13-5-3-11(7-15)4-6-13/h3-6,12,18H,2,8-10H2,1H3,(H2,16,19). The highest BCUT2D eigenvalue weighted by atomic mass is 16.5. The largest absolute Gasteiger partial charge is 0.491 e. The van der Waals surface area contributed by atoms with Gasteiger partial charge in [0.05, 0.1) is 18.2 Å². The van der Waals surface area contributed by atoms with E-state index in [2.05, 4.69) is 0 Å². The zero-order valence-corrected chi connectivity index (χ0v) is 11.5. The lowest BCUT2D eigenvalue weighted by molar-refractivity contribution is -0.119. The first-order valence-electron chi connectivity index (χ1n) is 6.36. The summed E-state index contributed by atoms with van der Waals surface area (Å²) >= 11 is 0. The summed E-state index contributed by atoms with van der Waals surface area (Å²) in [5, 5.41) is 18.5. The summed E-state index contributed by atoms with van der Waals surface area (Å²) in [6.45, 7) is 3.05. The molecule has 1 amide bonds. The molecule has 1 aromatic carbocycles. The fourth-order valence-corrected chi connectivity index (χ4v) is 1.69. The number of hydrogen-bond acceptors (Lipinski definition) is 5. The molecule has 1 rings (SSSR count). The number of nitriles is 1. The van der Waals surface area contributed by atoms with E-state index < -0.39 is 12.0 Å². The van der Waals surface area contributed by atoms with Crippen LogP contribution in [0.1, 0.15) is 12.5 Å². The molecule has 108 valence electrons. The molecule has 1 atom stereocenters. The Kier molecular flexibility index (Phi) is 6.50. The highest BCUT2D eigenvalue weighted by Gasteiger charge is 2.12. The van der Waals surface area contributed by atoms with Gasteiger partial charge in [0.1, 0.15) is 18.5 Å². The minimum Gasteiger partial charge on any atom is -0.491 e. The summed E-state index contributed by atoms with van der Waals surface area (Å²) in [6.07, 6.45) is -0.718. The average Bonchev–Trinajstić information content (AvgIpc) is 2.44. The quantitative estimate of drug-likeness (QED) is 0.702. The van der Waals surface area contributed by atoms with Gasteiger partial charge < -0.3 is 15.6 Å². The maximum Gasteiger partial charge on any atom is 0.231 e. The Morgan fingerprint density at radius 1 is 1.50 bits per heavy atom. The van der Waals surface area contributed by atoms with Crippen molar-refractivity contribution in [1.29, 1.82) is 5.26 Å². The van der Waals surface area contributed by atoms with Crippen LogP contribution in [0.3, 0.4) is 0 Å². The lowest BCUT2D eigenvalue weighted by Crippen LogP contribution is -2.40. The number of amides is 1. The molecule has 6 nitrogen and oxygen atoms in total. The van der Waals surface area contributed by atoms with Crippen LogP contribution < -0.4 is 10.5 Å². The Bertz CT molecular complexity index is 468. The number of carbonyl (C=O) groups excluding carboxylic acids is 1. The van der Waals surface area contributed by atoms with Crippen LogP contribution in [0.2, 0.25) is 0 Å². The molecular weight excluding hydrogens is 258 g/mol. The molecule has 0 spiro atoms. The summed E-state index contributed by atoms with van der Waals surface area (Å²) in [5.41, 5.74) is 5.67. The second-order valence-corrected chi connectivity index (χ2v) is 4.40. The lowest BCUT2D eigenvalue weighted by Gasteiger charge is -2.22. The van der Waals surface area contributed by atoms with Crippen molar-refractivity contribution in [3.63, 3.8) is 0 Å². The van der Waals surface area contributed by atoms with Gasteiger partial charge in [0, 0.05) is 6.54 Å². The summed E-state index contributed by atoms with van der Waals surface area (Å²) in [7, 11) is 0. The number of hydrogen-bond donors (Lipinski definition) is 2. The smallest absolute Gasteiger partial charge is 0.231 e. The van der Waals surface area contributed by atoms with E-state index in [4.69, 9.17) is 15.7 Å². The summed E-state index contributed by atoms with van der Waals surface area (Å²) < 4.78 is 5.42. The van der Waals surface area contributed by atoms with E-state index in [9.17, 15) is 9.90 Å². The first-order chi connectivity index (χ1) is 9.55. The Labute approximate surface area is 118 Å². The maximum absolute atomic E-state index is 10.8.